The second kappa shape index (κ2) is 7.47. The summed E-state index contributed by atoms with van der Waals surface area (Å²) in [4.78, 5) is 14.7. The van der Waals surface area contributed by atoms with E-state index in [2.05, 4.69) is 18.1 Å². The van der Waals surface area contributed by atoms with Gasteiger partial charge >= 0.3 is 0 Å². The standard InChI is InChI=1S/C18H29N3O2/c1-14-11-15(2)21(19-14)12-16-7-5-6-10-20(16)18(22)13-23-17-8-3-4-9-17/h11,16-17H,3-10,12-13H2,1-2H3/t16-/m1/s1. The molecule has 23 heavy (non-hydrogen) atoms. The van der Waals surface area contributed by atoms with Gasteiger partial charge in [0.2, 0.25) is 5.91 Å². The molecule has 0 N–H and O–H groups in total. The van der Waals surface area contributed by atoms with Crippen molar-refractivity contribution in [3.8, 4) is 0 Å². The quantitative estimate of drug-likeness (QED) is 0.838. The number of hydrogen-bond donors (Lipinski definition) is 0. The molecule has 0 aromatic carbocycles. The molecule has 2 heterocycles. The van der Waals surface area contributed by atoms with Crippen molar-refractivity contribution in [3.63, 3.8) is 0 Å². The molecule has 1 aromatic heterocycles. The lowest BCUT2D eigenvalue weighted by Crippen LogP contribution is -2.47. The van der Waals surface area contributed by atoms with Crippen molar-refractivity contribution in [2.75, 3.05) is 13.2 Å². The van der Waals surface area contributed by atoms with Crippen LogP contribution in [0.4, 0.5) is 0 Å². The predicted octanol–water partition coefficient (Wildman–Crippen LogP) is 2.84. The average Bonchev–Trinajstić information content (AvgIpc) is 3.15. The number of aromatic nitrogens is 2. The van der Waals surface area contributed by atoms with Crippen molar-refractivity contribution in [1.82, 2.24) is 14.7 Å². The zero-order valence-corrected chi connectivity index (χ0v) is 14.5. The maximum Gasteiger partial charge on any atom is 0.248 e. The molecule has 0 unspecified atom stereocenters. The Morgan fingerprint density at radius 2 is 1.96 bits per heavy atom. The molecule has 0 spiro atoms. The maximum absolute atomic E-state index is 12.6. The van der Waals surface area contributed by atoms with Crippen molar-refractivity contribution in [1.29, 1.82) is 0 Å². The number of carbonyl (C=O) groups excluding carboxylic acids is 1. The molecule has 1 amide bonds. The molecule has 3 rings (SSSR count). The number of rotatable bonds is 5. The third kappa shape index (κ3) is 4.14. The summed E-state index contributed by atoms with van der Waals surface area (Å²) in [5, 5.41) is 4.55. The van der Waals surface area contributed by atoms with Gasteiger partial charge in [0.25, 0.3) is 0 Å². The fourth-order valence-electron chi connectivity index (χ4n) is 3.91. The molecule has 1 saturated carbocycles. The van der Waals surface area contributed by atoms with Gasteiger partial charge in [-0.05, 0) is 52.0 Å². The van der Waals surface area contributed by atoms with E-state index in [0.717, 1.165) is 44.5 Å². The highest BCUT2D eigenvalue weighted by molar-refractivity contribution is 5.77. The highest BCUT2D eigenvalue weighted by atomic mass is 16.5. The molecular weight excluding hydrogens is 290 g/mol. The van der Waals surface area contributed by atoms with Crippen LogP contribution in [0.1, 0.15) is 56.3 Å². The summed E-state index contributed by atoms with van der Waals surface area (Å²) >= 11 is 0. The lowest BCUT2D eigenvalue weighted by molar-refractivity contribution is -0.142. The van der Waals surface area contributed by atoms with E-state index in [-0.39, 0.29) is 18.6 Å². The number of aryl methyl sites for hydroxylation is 2. The Bertz CT molecular complexity index is 534. The zero-order chi connectivity index (χ0) is 16.2. The van der Waals surface area contributed by atoms with Gasteiger partial charge in [-0.3, -0.25) is 9.48 Å². The molecule has 5 heteroatoms. The van der Waals surface area contributed by atoms with Crippen LogP contribution in [-0.4, -0.2) is 45.9 Å². The molecule has 1 aromatic rings. The number of likely N-dealkylation sites (tertiary alicyclic amines) is 1. The molecule has 1 aliphatic carbocycles. The molecule has 2 fully saturated rings. The highest BCUT2D eigenvalue weighted by Gasteiger charge is 2.28. The van der Waals surface area contributed by atoms with Crippen molar-refractivity contribution >= 4 is 5.91 Å². The van der Waals surface area contributed by atoms with Gasteiger partial charge in [-0.25, -0.2) is 0 Å². The number of hydrogen-bond acceptors (Lipinski definition) is 3. The van der Waals surface area contributed by atoms with Crippen molar-refractivity contribution in [2.45, 2.75) is 77.5 Å². The van der Waals surface area contributed by atoms with Crippen LogP contribution in [0.25, 0.3) is 0 Å². The van der Waals surface area contributed by atoms with Crippen LogP contribution in [0.2, 0.25) is 0 Å². The molecular formula is C18H29N3O2. The van der Waals surface area contributed by atoms with Crippen molar-refractivity contribution in [2.24, 2.45) is 0 Å². The zero-order valence-electron chi connectivity index (χ0n) is 14.5. The van der Waals surface area contributed by atoms with E-state index < -0.39 is 0 Å². The summed E-state index contributed by atoms with van der Waals surface area (Å²) in [7, 11) is 0. The number of carbonyl (C=O) groups is 1. The first-order valence-electron chi connectivity index (χ1n) is 9.05. The molecule has 1 atom stereocenters. The second-order valence-corrected chi connectivity index (χ2v) is 7.06. The minimum Gasteiger partial charge on any atom is -0.368 e. The first kappa shape index (κ1) is 16.5. The van der Waals surface area contributed by atoms with E-state index in [1.807, 2.05) is 16.5 Å². The molecule has 0 bridgehead atoms. The number of piperidine rings is 1. The molecule has 128 valence electrons. The van der Waals surface area contributed by atoms with Crippen LogP contribution in [0, 0.1) is 13.8 Å². The Balaban J connectivity index is 1.58. The van der Waals surface area contributed by atoms with E-state index in [4.69, 9.17) is 4.74 Å². The lowest BCUT2D eigenvalue weighted by atomic mass is 10.0. The number of nitrogens with zero attached hydrogens (tertiary/aromatic N) is 3. The fourth-order valence-corrected chi connectivity index (χ4v) is 3.91. The predicted molar refractivity (Wildman–Crippen MR) is 89.3 cm³/mol. The molecule has 1 aliphatic heterocycles. The highest BCUT2D eigenvalue weighted by Crippen LogP contribution is 2.22. The SMILES string of the molecule is Cc1cc(C)n(C[C@H]2CCCCN2C(=O)COC2CCCC2)n1. The van der Waals surface area contributed by atoms with Gasteiger partial charge < -0.3 is 9.64 Å². The van der Waals surface area contributed by atoms with Crippen LogP contribution in [-0.2, 0) is 16.1 Å². The van der Waals surface area contributed by atoms with Gasteiger partial charge in [-0.15, -0.1) is 0 Å². The van der Waals surface area contributed by atoms with Gasteiger partial charge in [-0.1, -0.05) is 12.8 Å². The smallest absolute Gasteiger partial charge is 0.248 e. The molecule has 0 radical (unpaired) electrons. The monoisotopic (exact) mass is 319 g/mol. The Hall–Kier alpha value is -1.36. The second-order valence-electron chi connectivity index (χ2n) is 7.06. The summed E-state index contributed by atoms with van der Waals surface area (Å²) in [5.41, 5.74) is 2.21. The molecule has 1 saturated heterocycles. The van der Waals surface area contributed by atoms with Gasteiger partial charge in [0, 0.05) is 12.2 Å². The molecule has 5 nitrogen and oxygen atoms in total. The summed E-state index contributed by atoms with van der Waals surface area (Å²) in [5.74, 6) is 0.156. The van der Waals surface area contributed by atoms with Gasteiger partial charge in [0.1, 0.15) is 6.61 Å². The summed E-state index contributed by atoms with van der Waals surface area (Å²) in [6.07, 6.45) is 8.36. The van der Waals surface area contributed by atoms with Gasteiger partial charge in [0.15, 0.2) is 0 Å². The van der Waals surface area contributed by atoms with E-state index in [9.17, 15) is 4.79 Å². The Kier molecular flexibility index (Phi) is 5.36. The fraction of sp³-hybridized carbons (Fsp3) is 0.778. The number of ether oxygens (including phenoxy) is 1. The topological polar surface area (TPSA) is 47.4 Å². The van der Waals surface area contributed by atoms with Gasteiger partial charge in [0.05, 0.1) is 24.4 Å². The van der Waals surface area contributed by atoms with Crippen LogP contribution < -0.4 is 0 Å². The van der Waals surface area contributed by atoms with Crippen LogP contribution in [0.15, 0.2) is 6.07 Å². The summed E-state index contributed by atoms with van der Waals surface area (Å²) < 4.78 is 7.88. The third-order valence-electron chi connectivity index (χ3n) is 5.18. The molecule has 2 aliphatic rings. The largest absolute Gasteiger partial charge is 0.368 e. The number of amides is 1. The Morgan fingerprint density at radius 1 is 1.22 bits per heavy atom. The minimum atomic E-state index is 0.156. The van der Waals surface area contributed by atoms with Gasteiger partial charge in [-0.2, -0.15) is 5.10 Å². The Labute approximate surface area is 139 Å². The van der Waals surface area contributed by atoms with E-state index in [1.165, 1.54) is 25.0 Å². The Morgan fingerprint density at radius 3 is 2.65 bits per heavy atom. The van der Waals surface area contributed by atoms with Crippen molar-refractivity contribution < 1.29 is 9.53 Å². The first-order chi connectivity index (χ1) is 11.1. The third-order valence-corrected chi connectivity index (χ3v) is 5.18. The normalized spacial score (nSPS) is 22.7. The van der Waals surface area contributed by atoms with E-state index in [0.29, 0.717) is 6.10 Å². The van der Waals surface area contributed by atoms with E-state index in [1.54, 1.807) is 0 Å². The van der Waals surface area contributed by atoms with E-state index >= 15 is 0 Å². The lowest BCUT2D eigenvalue weighted by Gasteiger charge is -2.36. The maximum atomic E-state index is 12.6. The van der Waals surface area contributed by atoms with Crippen LogP contribution in [0.5, 0.6) is 0 Å². The summed E-state index contributed by atoms with van der Waals surface area (Å²) in [6, 6.07) is 2.35. The average molecular weight is 319 g/mol. The summed E-state index contributed by atoms with van der Waals surface area (Å²) in [6.45, 7) is 6.00. The first-order valence-corrected chi connectivity index (χ1v) is 9.05. The van der Waals surface area contributed by atoms with Crippen LogP contribution >= 0.6 is 0 Å². The minimum absolute atomic E-state index is 0.156. The van der Waals surface area contributed by atoms with Crippen LogP contribution in [0.3, 0.4) is 0 Å². The van der Waals surface area contributed by atoms with Crippen molar-refractivity contribution in [3.05, 3.63) is 17.5 Å².